The molecule has 0 aliphatic carbocycles. The quantitative estimate of drug-likeness (QED) is 0.445. The maximum Gasteiger partial charge on any atom is 0.326 e. The maximum atomic E-state index is 10.6. The molecule has 0 saturated carbocycles. The minimum absolute atomic E-state index is 0.164. The monoisotopic (exact) mass is 235 g/mol. The normalized spacial score (nSPS) is 14.3. The first kappa shape index (κ1) is 14.2. The van der Waals surface area contributed by atoms with Gasteiger partial charge in [0.05, 0.1) is 6.10 Å². The van der Waals surface area contributed by atoms with E-state index in [0.717, 1.165) is 5.75 Å². The number of carbonyl (C=O) groups excluding carboxylic acids is 1. The highest BCUT2D eigenvalue weighted by Gasteiger charge is 2.15. The first-order valence-electron chi connectivity index (χ1n) is 4.64. The van der Waals surface area contributed by atoms with E-state index in [-0.39, 0.29) is 6.10 Å². The van der Waals surface area contributed by atoms with Crippen molar-refractivity contribution >= 4 is 24.1 Å². The Morgan fingerprint density at radius 1 is 1.67 bits per heavy atom. The number of methoxy groups -OCH3 is 1. The lowest BCUT2D eigenvalue weighted by Gasteiger charge is -2.12. The van der Waals surface area contributed by atoms with Gasteiger partial charge in [-0.15, -0.1) is 0 Å². The van der Waals surface area contributed by atoms with Crippen LogP contribution in [0.1, 0.15) is 13.3 Å². The second-order valence-corrected chi connectivity index (χ2v) is 4.24. The Kier molecular flexibility index (Phi) is 8.12. The van der Waals surface area contributed by atoms with Crippen LogP contribution in [-0.4, -0.2) is 48.2 Å². The molecule has 0 bridgehead atoms. The first-order chi connectivity index (χ1) is 7.11. The second kappa shape index (κ2) is 8.55. The smallest absolute Gasteiger partial charge is 0.326 e. The molecule has 0 heterocycles. The Morgan fingerprint density at radius 3 is 2.80 bits per heavy atom. The van der Waals surface area contributed by atoms with Gasteiger partial charge in [-0.3, -0.25) is 4.79 Å². The van der Waals surface area contributed by atoms with Crippen LogP contribution >= 0.6 is 11.8 Å². The molecule has 1 amide bonds. The number of carboxylic acid groups (broad SMARTS) is 1. The fourth-order valence-electron chi connectivity index (χ4n) is 0.879. The van der Waals surface area contributed by atoms with Crippen LogP contribution in [0.25, 0.3) is 0 Å². The number of carbonyl (C=O) groups is 2. The molecule has 0 aromatic rings. The van der Waals surface area contributed by atoms with E-state index in [1.165, 1.54) is 0 Å². The molecule has 0 rings (SSSR count). The molecule has 2 N–H and O–H groups in total. The summed E-state index contributed by atoms with van der Waals surface area (Å²) < 4.78 is 5.04. The molecule has 0 saturated heterocycles. The molecule has 6 heteroatoms. The van der Waals surface area contributed by atoms with E-state index in [1.54, 1.807) is 18.9 Å². The predicted molar refractivity (Wildman–Crippen MR) is 59.0 cm³/mol. The number of amides is 1. The average Bonchev–Trinajstić information content (AvgIpc) is 2.21. The van der Waals surface area contributed by atoms with Gasteiger partial charge in [-0.1, -0.05) is 0 Å². The summed E-state index contributed by atoms with van der Waals surface area (Å²) >= 11 is 1.61. The third kappa shape index (κ3) is 7.21. The molecule has 0 aliphatic rings. The highest BCUT2D eigenvalue weighted by Crippen LogP contribution is 2.08. The number of hydrogen-bond acceptors (Lipinski definition) is 4. The number of carboxylic acids is 1. The molecule has 2 atom stereocenters. The van der Waals surface area contributed by atoms with Gasteiger partial charge in [-0.25, -0.2) is 4.79 Å². The van der Waals surface area contributed by atoms with Gasteiger partial charge in [0.1, 0.15) is 6.04 Å². The molecule has 5 nitrogen and oxygen atoms in total. The van der Waals surface area contributed by atoms with Crippen LogP contribution in [0.5, 0.6) is 0 Å². The summed E-state index contributed by atoms with van der Waals surface area (Å²) in [6.45, 7) is 1.95. The first-order valence-corrected chi connectivity index (χ1v) is 5.80. The van der Waals surface area contributed by atoms with E-state index in [0.29, 0.717) is 18.6 Å². The topological polar surface area (TPSA) is 75.6 Å². The summed E-state index contributed by atoms with van der Waals surface area (Å²) in [6, 6.07) is -0.784. The van der Waals surface area contributed by atoms with Crippen LogP contribution in [0, 0.1) is 0 Å². The lowest BCUT2D eigenvalue weighted by Crippen LogP contribution is -2.36. The van der Waals surface area contributed by atoms with Crippen molar-refractivity contribution in [1.82, 2.24) is 5.32 Å². The minimum atomic E-state index is -0.998. The highest BCUT2D eigenvalue weighted by atomic mass is 32.2. The summed E-state index contributed by atoms with van der Waals surface area (Å²) in [5.74, 6) is 0.512. The van der Waals surface area contributed by atoms with Crippen molar-refractivity contribution in [2.75, 3.05) is 18.6 Å². The van der Waals surface area contributed by atoms with Gasteiger partial charge in [0.25, 0.3) is 0 Å². The van der Waals surface area contributed by atoms with Crippen LogP contribution in [0.4, 0.5) is 0 Å². The lowest BCUT2D eigenvalue weighted by atomic mass is 10.2. The number of aliphatic carboxylic acids is 1. The molecule has 2 unspecified atom stereocenters. The standard InChI is InChI=1S/C9H17NO4S/c1-7(14-2)5-15-4-3-8(9(12)13)10-6-11/h6-8H,3-5H2,1-2H3,(H,10,11)(H,12,13). The Bertz CT molecular complexity index is 201. The zero-order valence-corrected chi connectivity index (χ0v) is 9.75. The van der Waals surface area contributed by atoms with E-state index in [2.05, 4.69) is 5.32 Å². The molecule has 0 fully saturated rings. The van der Waals surface area contributed by atoms with Crippen LogP contribution in [0.2, 0.25) is 0 Å². The number of nitrogens with one attached hydrogen (secondary N) is 1. The van der Waals surface area contributed by atoms with Gasteiger partial charge in [-0.05, 0) is 19.1 Å². The van der Waals surface area contributed by atoms with Crippen molar-refractivity contribution in [2.24, 2.45) is 0 Å². The van der Waals surface area contributed by atoms with E-state index in [9.17, 15) is 9.59 Å². The van der Waals surface area contributed by atoms with Crippen molar-refractivity contribution in [3.05, 3.63) is 0 Å². The fourth-order valence-corrected chi connectivity index (χ4v) is 1.92. The Labute approximate surface area is 93.6 Å². The van der Waals surface area contributed by atoms with Crippen LogP contribution in [0.15, 0.2) is 0 Å². The molecular weight excluding hydrogens is 218 g/mol. The average molecular weight is 235 g/mol. The Morgan fingerprint density at radius 2 is 2.33 bits per heavy atom. The molecule has 0 aromatic carbocycles. The van der Waals surface area contributed by atoms with Gasteiger partial charge in [-0.2, -0.15) is 11.8 Å². The number of thioether (sulfide) groups is 1. The summed E-state index contributed by atoms with van der Waals surface area (Å²) in [4.78, 5) is 20.7. The van der Waals surface area contributed by atoms with Gasteiger partial charge in [0.2, 0.25) is 6.41 Å². The van der Waals surface area contributed by atoms with E-state index in [4.69, 9.17) is 9.84 Å². The molecular formula is C9H17NO4S. The van der Waals surface area contributed by atoms with Crippen molar-refractivity contribution in [2.45, 2.75) is 25.5 Å². The number of hydrogen-bond donors (Lipinski definition) is 2. The van der Waals surface area contributed by atoms with Crippen molar-refractivity contribution in [3.63, 3.8) is 0 Å². The van der Waals surface area contributed by atoms with E-state index in [1.807, 2.05) is 6.92 Å². The zero-order chi connectivity index (χ0) is 11.7. The largest absolute Gasteiger partial charge is 0.480 e. The van der Waals surface area contributed by atoms with Gasteiger partial charge < -0.3 is 15.2 Å². The molecule has 0 aliphatic heterocycles. The van der Waals surface area contributed by atoms with Crippen LogP contribution in [0.3, 0.4) is 0 Å². The summed E-state index contributed by atoms with van der Waals surface area (Å²) in [6.07, 6.45) is 1.01. The van der Waals surface area contributed by atoms with Gasteiger partial charge >= 0.3 is 5.97 Å². The summed E-state index contributed by atoms with van der Waals surface area (Å²) in [7, 11) is 1.64. The highest BCUT2D eigenvalue weighted by molar-refractivity contribution is 7.99. The van der Waals surface area contributed by atoms with Gasteiger partial charge in [0, 0.05) is 12.9 Å². The third-order valence-corrected chi connectivity index (χ3v) is 3.10. The number of rotatable bonds is 9. The van der Waals surface area contributed by atoms with Crippen LogP contribution in [-0.2, 0) is 14.3 Å². The molecule has 0 radical (unpaired) electrons. The summed E-state index contributed by atoms with van der Waals surface area (Å²) in [5.41, 5.74) is 0. The molecule has 88 valence electrons. The van der Waals surface area contributed by atoms with Crippen molar-refractivity contribution < 1.29 is 19.4 Å². The molecule has 0 spiro atoms. The second-order valence-electron chi connectivity index (χ2n) is 3.09. The van der Waals surface area contributed by atoms with E-state index < -0.39 is 12.0 Å². The van der Waals surface area contributed by atoms with Crippen molar-refractivity contribution in [1.29, 1.82) is 0 Å². The maximum absolute atomic E-state index is 10.6. The zero-order valence-electron chi connectivity index (χ0n) is 8.93. The van der Waals surface area contributed by atoms with Crippen LogP contribution < -0.4 is 5.32 Å². The summed E-state index contributed by atoms with van der Waals surface area (Å²) in [5, 5.41) is 11.0. The molecule has 0 aromatic heterocycles. The SMILES string of the molecule is COC(C)CSCCC(NC=O)C(=O)O. The predicted octanol–water partition coefficient (Wildman–Crippen LogP) is 0.344. The lowest BCUT2D eigenvalue weighted by molar-refractivity contribution is -0.140. The number of ether oxygens (including phenoxy) is 1. The minimum Gasteiger partial charge on any atom is -0.480 e. The van der Waals surface area contributed by atoms with Crippen molar-refractivity contribution in [3.8, 4) is 0 Å². The third-order valence-electron chi connectivity index (χ3n) is 1.87. The Hall–Kier alpha value is -0.750. The van der Waals surface area contributed by atoms with Gasteiger partial charge in [0.15, 0.2) is 0 Å². The van der Waals surface area contributed by atoms with E-state index >= 15 is 0 Å². The Balaban J connectivity index is 3.62. The molecule has 15 heavy (non-hydrogen) atoms. The fraction of sp³-hybridized carbons (Fsp3) is 0.778.